The number of imide groups is 1. The fraction of sp³-hybridized carbons (Fsp3) is 0.286. The summed E-state index contributed by atoms with van der Waals surface area (Å²) in [6, 6.07) is 12.3. The van der Waals surface area contributed by atoms with E-state index in [-0.39, 0.29) is 17.0 Å². The smallest absolute Gasteiger partial charge is 0.268 e. The fourth-order valence-corrected chi connectivity index (χ4v) is 3.86. The number of benzene rings is 2. The second-order valence-corrected chi connectivity index (χ2v) is 6.72. The van der Waals surface area contributed by atoms with Gasteiger partial charge in [-0.1, -0.05) is 31.0 Å². The van der Waals surface area contributed by atoms with Crippen LogP contribution in [-0.4, -0.2) is 31.2 Å². The molecular weight excluding hydrogens is 328 g/mol. The van der Waals surface area contributed by atoms with Gasteiger partial charge in [0, 0.05) is 18.7 Å². The van der Waals surface area contributed by atoms with E-state index in [2.05, 4.69) is 4.90 Å². The van der Waals surface area contributed by atoms with E-state index in [1.165, 1.54) is 17.7 Å². The van der Waals surface area contributed by atoms with Crippen LogP contribution in [0.25, 0.3) is 0 Å². The summed E-state index contributed by atoms with van der Waals surface area (Å²) < 4.78 is 0. The average Bonchev–Trinajstić information content (AvgIpc) is 2.86. The summed E-state index contributed by atoms with van der Waals surface area (Å²) in [5, 5.41) is 0. The van der Waals surface area contributed by atoms with Gasteiger partial charge in [0.1, 0.15) is 0 Å². The maximum Gasteiger partial charge on any atom is 0.268 e. The first-order valence-electron chi connectivity index (χ1n) is 9.03. The Hall–Kier alpha value is -2.95. The lowest BCUT2D eigenvalue weighted by molar-refractivity contribution is 0.0923. The quantitative estimate of drug-likeness (QED) is 0.627. The average molecular weight is 348 g/mol. The molecule has 0 aliphatic carbocycles. The molecule has 0 spiro atoms. The van der Waals surface area contributed by atoms with Crippen LogP contribution in [0.2, 0.25) is 0 Å². The number of nitrogens with zero attached hydrogens (tertiary/aromatic N) is 2. The van der Waals surface area contributed by atoms with Gasteiger partial charge in [0.2, 0.25) is 0 Å². The van der Waals surface area contributed by atoms with Gasteiger partial charge in [-0.15, -0.1) is 0 Å². The number of hydrogen-bond donors (Lipinski definition) is 0. The molecule has 2 heterocycles. The van der Waals surface area contributed by atoms with E-state index in [4.69, 9.17) is 0 Å². The van der Waals surface area contributed by atoms with Crippen molar-refractivity contribution in [3.63, 3.8) is 0 Å². The van der Waals surface area contributed by atoms with E-state index in [9.17, 15) is 14.4 Å². The number of rotatable bonds is 3. The summed E-state index contributed by atoms with van der Waals surface area (Å²) in [5.74, 6) is -0.769. The molecule has 0 radical (unpaired) electrons. The van der Waals surface area contributed by atoms with Gasteiger partial charge >= 0.3 is 0 Å². The third-order valence-corrected chi connectivity index (χ3v) is 5.14. The van der Waals surface area contributed by atoms with E-state index in [0.717, 1.165) is 31.6 Å². The van der Waals surface area contributed by atoms with Gasteiger partial charge in [0.25, 0.3) is 11.8 Å². The highest BCUT2D eigenvalue weighted by Crippen LogP contribution is 2.36. The van der Waals surface area contributed by atoms with Crippen LogP contribution >= 0.6 is 0 Å². The lowest BCUT2D eigenvalue weighted by atomic mass is 10.0. The van der Waals surface area contributed by atoms with Crippen LogP contribution in [0.5, 0.6) is 0 Å². The summed E-state index contributed by atoms with van der Waals surface area (Å²) >= 11 is 0. The zero-order valence-corrected chi connectivity index (χ0v) is 14.5. The van der Waals surface area contributed by atoms with E-state index < -0.39 is 5.91 Å². The predicted molar refractivity (Wildman–Crippen MR) is 100 cm³/mol. The van der Waals surface area contributed by atoms with Crippen molar-refractivity contribution >= 4 is 29.5 Å². The molecule has 132 valence electrons. The van der Waals surface area contributed by atoms with Crippen molar-refractivity contribution in [2.75, 3.05) is 22.9 Å². The first kappa shape index (κ1) is 16.5. The number of anilines is 2. The summed E-state index contributed by atoms with van der Waals surface area (Å²) in [7, 11) is 0. The maximum absolute atomic E-state index is 13.2. The Bertz CT molecular complexity index is 868. The number of carbonyl (C=O) groups excluding carboxylic acids is 3. The molecule has 0 atom stereocenters. The molecule has 0 aromatic heterocycles. The van der Waals surface area contributed by atoms with Gasteiger partial charge in [-0.05, 0) is 37.1 Å². The van der Waals surface area contributed by atoms with E-state index >= 15 is 0 Å². The minimum absolute atomic E-state index is 0.232. The van der Waals surface area contributed by atoms with Crippen LogP contribution in [0.1, 0.15) is 56.8 Å². The van der Waals surface area contributed by atoms with Crippen molar-refractivity contribution in [1.82, 2.24) is 0 Å². The number of amides is 2. The topological polar surface area (TPSA) is 57.7 Å². The molecule has 5 heteroatoms. The van der Waals surface area contributed by atoms with Crippen LogP contribution < -0.4 is 9.80 Å². The second-order valence-electron chi connectivity index (χ2n) is 6.72. The maximum atomic E-state index is 13.2. The van der Waals surface area contributed by atoms with Crippen molar-refractivity contribution in [2.24, 2.45) is 0 Å². The molecule has 1 saturated heterocycles. The molecule has 0 N–H and O–H groups in total. The molecule has 2 amide bonds. The molecule has 4 rings (SSSR count). The van der Waals surface area contributed by atoms with Crippen LogP contribution in [-0.2, 0) is 0 Å². The largest absolute Gasteiger partial charge is 0.371 e. The normalized spacial score (nSPS) is 17.2. The minimum Gasteiger partial charge on any atom is -0.371 e. The van der Waals surface area contributed by atoms with Crippen molar-refractivity contribution in [3.05, 3.63) is 59.2 Å². The first-order chi connectivity index (χ1) is 12.7. The highest BCUT2D eigenvalue weighted by Gasteiger charge is 2.41. The molecule has 2 aromatic carbocycles. The number of para-hydroxylation sites is 1. The molecule has 5 nitrogen and oxygen atoms in total. The van der Waals surface area contributed by atoms with Gasteiger partial charge in [0.15, 0.2) is 6.29 Å². The van der Waals surface area contributed by atoms with Crippen molar-refractivity contribution in [2.45, 2.75) is 25.7 Å². The monoisotopic (exact) mass is 348 g/mol. The number of carbonyl (C=O) groups is 3. The Labute approximate surface area is 152 Å². The SMILES string of the molecule is O=Cc1ccc(N2CCCCCC2)c2c1C(=O)N(c1ccccc1)C2=O. The van der Waals surface area contributed by atoms with Crippen LogP contribution in [0.3, 0.4) is 0 Å². The zero-order valence-electron chi connectivity index (χ0n) is 14.5. The molecule has 2 aromatic rings. The summed E-state index contributed by atoms with van der Waals surface area (Å²) in [6.07, 6.45) is 5.14. The number of fused-ring (bicyclic) bond motifs is 1. The molecule has 2 aliphatic heterocycles. The van der Waals surface area contributed by atoms with Crippen molar-refractivity contribution in [3.8, 4) is 0 Å². The lowest BCUT2D eigenvalue weighted by Gasteiger charge is -2.24. The molecule has 0 unspecified atom stereocenters. The molecule has 1 fully saturated rings. The van der Waals surface area contributed by atoms with Gasteiger partial charge in [-0.3, -0.25) is 14.4 Å². The lowest BCUT2D eigenvalue weighted by Crippen LogP contribution is -2.30. The Morgan fingerprint density at radius 3 is 2.08 bits per heavy atom. The molecular formula is C21H20N2O3. The van der Waals surface area contributed by atoms with E-state index in [1.54, 1.807) is 30.3 Å². The third kappa shape index (κ3) is 2.60. The minimum atomic E-state index is -0.421. The zero-order chi connectivity index (χ0) is 18.1. The predicted octanol–water partition coefficient (Wildman–Crippen LogP) is 3.68. The fourth-order valence-electron chi connectivity index (χ4n) is 3.86. The van der Waals surface area contributed by atoms with Gasteiger partial charge in [0.05, 0.1) is 22.5 Å². The Morgan fingerprint density at radius 1 is 0.769 bits per heavy atom. The Balaban J connectivity index is 1.85. The highest BCUT2D eigenvalue weighted by molar-refractivity contribution is 6.37. The molecule has 26 heavy (non-hydrogen) atoms. The highest BCUT2D eigenvalue weighted by atomic mass is 16.2. The second kappa shape index (κ2) is 6.75. The molecule has 0 bridgehead atoms. The van der Waals surface area contributed by atoms with E-state index in [0.29, 0.717) is 17.5 Å². The number of hydrogen-bond acceptors (Lipinski definition) is 4. The first-order valence-corrected chi connectivity index (χ1v) is 9.03. The third-order valence-electron chi connectivity index (χ3n) is 5.14. The summed E-state index contributed by atoms with van der Waals surface area (Å²) in [5.41, 5.74) is 2.16. The number of aldehydes is 1. The van der Waals surface area contributed by atoms with Crippen LogP contribution in [0, 0.1) is 0 Å². The molecule has 0 saturated carbocycles. The van der Waals surface area contributed by atoms with Crippen molar-refractivity contribution in [1.29, 1.82) is 0 Å². The summed E-state index contributed by atoms with van der Waals surface area (Å²) in [6.45, 7) is 1.72. The van der Waals surface area contributed by atoms with Crippen LogP contribution in [0.15, 0.2) is 42.5 Å². The van der Waals surface area contributed by atoms with Crippen molar-refractivity contribution < 1.29 is 14.4 Å². The Morgan fingerprint density at radius 2 is 1.42 bits per heavy atom. The van der Waals surface area contributed by atoms with Gasteiger partial charge < -0.3 is 4.90 Å². The van der Waals surface area contributed by atoms with Gasteiger partial charge in [-0.2, -0.15) is 0 Å². The molecule has 2 aliphatic rings. The van der Waals surface area contributed by atoms with Crippen LogP contribution in [0.4, 0.5) is 11.4 Å². The summed E-state index contributed by atoms with van der Waals surface area (Å²) in [4.78, 5) is 41.1. The van der Waals surface area contributed by atoms with Gasteiger partial charge in [-0.25, -0.2) is 4.90 Å². The standard InChI is InChI=1S/C21H20N2O3/c24-14-15-10-11-17(22-12-6-1-2-7-13-22)19-18(15)20(25)23(21(19)26)16-8-4-3-5-9-16/h3-5,8-11,14H,1-2,6-7,12-13H2. The van der Waals surface area contributed by atoms with E-state index in [1.807, 2.05) is 12.1 Å². The Kier molecular flexibility index (Phi) is 4.29.